The molecule has 94 valence electrons. The number of methoxy groups -OCH3 is 1. The average Bonchev–Trinajstić information content (AvgIpc) is 2.38. The second-order valence-electron chi connectivity index (χ2n) is 4.32. The zero-order valence-electron chi connectivity index (χ0n) is 10.4. The summed E-state index contributed by atoms with van der Waals surface area (Å²) >= 11 is 0. The van der Waals surface area contributed by atoms with Gasteiger partial charge in [0.05, 0.1) is 7.11 Å². The number of hydrogen-bond donors (Lipinski definition) is 0. The molecule has 1 saturated heterocycles. The van der Waals surface area contributed by atoms with E-state index in [0.29, 0.717) is 0 Å². The van der Waals surface area contributed by atoms with E-state index >= 15 is 0 Å². The van der Waals surface area contributed by atoms with Crippen LogP contribution in [0.15, 0.2) is 24.3 Å². The zero-order chi connectivity index (χ0) is 13.0. The molecular formula is C15H16O3. The van der Waals surface area contributed by atoms with Gasteiger partial charge >= 0.3 is 5.97 Å². The molecule has 1 aliphatic rings. The van der Waals surface area contributed by atoms with Gasteiger partial charge in [0.2, 0.25) is 0 Å². The Hall–Kier alpha value is -1.95. The number of ether oxygens (including phenoxy) is 2. The minimum Gasteiger partial charge on any atom is -0.497 e. The van der Waals surface area contributed by atoms with E-state index in [0.717, 1.165) is 30.6 Å². The third-order valence-electron chi connectivity index (χ3n) is 3.18. The van der Waals surface area contributed by atoms with Crippen LogP contribution in [-0.4, -0.2) is 19.2 Å². The predicted molar refractivity (Wildman–Crippen MR) is 68.3 cm³/mol. The van der Waals surface area contributed by atoms with Crippen LogP contribution in [0.1, 0.15) is 30.7 Å². The quantitative estimate of drug-likeness (QED) is 0.453. The molecule has 0 N–H and O–H groups in total. The van der Waals surface area contributed by atoms with Crippen molar-refractivity contribution < 1.29 is 14.3 Å². The van der Waals surface area contributed by atoms with Crippen molar-refractivity contribution >= 4 is 5.97 Å². The first-order valence-corrected chi connectivity index (χ1v) is 6.04. The van der Waals surface area contributed by atoms with Gasteiger partial charge in [0.1, 0.15) is 17.8 Å². The maximum atomic E-state index is 11.5. The zero-order valence-corrected chi connectivity index (χ0v) is 10.4. The first-order valence-electron chi connectivity index (χ1n) is 6.04. The SMILES string of the molecule is C#CCCC[C@@H]1OC(=O)C1c1ccc(OC)cc1. The molecule has 1 unspecified atom stereocenters. The number of carbonyl (C=O) groups is 1. The first kappa shape index (κ1) is 12.5. The van der Waals surface area contributed by atoms with Gasteiger partial charge in [-0.2, -0.15) is 0 Å². The van der Waals surface area contributed by atoms with Crippen molar-refractivity contribution in [2.75, 3.05) is 7.11 Å². The Balaban J connectivity index is 2.01. The molecule has 2 atom stereocenters. The van der Waals surface area contributed by atoms with E-state index in [4.69, 9.17) is 15.9 Å². The van der Waals surface area contributed by atoms with E-state index in [9.17, 15) is 4.79 Å². The molecule has 3 heteroatoms. The standard InChI is InChI=1S/C15H16O3/c1-3-4-5-6-13-14(15(16)18-13)11-7-9-12(17-2)10-8-11/h1,7-10,13-14H,4-6H2,2H3/t13-,14?/m0/s1. The lowest BCUT2D eigenvalue weighted by molar-refractivity contribution is -0.175. The number of esters is 1. The van der Waals surface area contributed by atoms with Crippen molar-refractivity contribution in [2.45, 2.75) is 31.3 Å². The molecule has 0 bridgehead atoms. The van der Waals surface area contributed by atoms with Gasteiger partial charge in [-0.3, -0.25) is 4.79 Å². The third kappa shape index (κ3) is 2.48. The fourth-order valence-corrected chi connectivity index (χ4v) is 2.16. The van der Waals surface area contributed by atoms with Gasteiger partial charge in [0.15, 0.2) is 0 Å². The highest BCUT2D eigenvalue weighted by molar-refractivity contribution is 5.84. The Morgan fingerprint density at radius 3 is 2.67 bits per heavy atom. The van der Waals surface area contributed by atoms with Crippen molar-refractivity contribution in [1.29, 1.82) is 0 Å². The summed E-state index contributed by atoms with van der Waals surface area (Å²) in [7, 11) is 1.62. The Kier molecular flexibility index (Phi) is 3.88. The lowest BCUT2D eigenvalue weighted by atomic mass is 9.86. The van der Waals surface area contributed by atoms with Crippen molar-refractivity contribution in [2.24, 2.45) is 0 Å². The number of benzene rings is 1. The summed E-state index contributed by atoms with van der Waals surface area (Å²) in [6.45, 7) is 0. The molecule has 18 heavy (non-hydrogen) atoms. The van der Waals surface area contributed by atoms with E-state index in [1.165, 1.54) is 0 Å². The van der Waals surface area contributed by atoms with E-state index in [1.54, 1.807) is 7.11 Å². The van der Waals surface area contributed by atoms with Crippen molar-refractivity contribution in [3.05, 3.63) is 29.8 Å². The molecule has 2 rings (SSSR count). The second kappa shape index (κ2) is 5.59. The van der Waals surface area contributed by atoms with Crippen LogP contribution in [0, 0.1) is 12.3 Å². The highest BCUT2D eigenvalue weighted by Gasteiger charge is 2.42. The maximum Gasteiger partial charge on any atom is 0.317 e. The van der Waals surface area contributed by atoms with Crippen LogP contribution in [0.5, 0.6) is 5.75 Å². The molecule has 0 aromatic heterocycles. The number of rotatable bonds is 5. The summed E-state index contributed by atoms with van der Waals surface area (Å²) in [6, 6.07) is 7.55. The van der Waals surface area contributed by atoms with Crippen molar-refractivity contribution in [3.8, 4) is 18.1 Å². The number of unbranched alkanes of at least 4 members (excludes halogenated alkanes) is 1. The molecule has 0 aliphatic carbocycles. The topological polar surface area (TPSA) is 35.5 Å². The number of hydrogen-bond acceptors (Lipinski definition) is 3. The van der Waals surface area contributed by atoms with Crippen molar-refractivity contribution in [1.82, 2.24) is 0 Å². The lowest BCUT2D eigenvalue weighted by Gasteiger charge is -2.35. The largest absolute Gasteiger partial charge is 0.497 e. The van der Waals surface area contributed by atoms with Crippen LogP contribution in [0.25, 0.3) is 0 Å². The van der Waals surface area contributed by atoms with Gasteiger partial charge in [-0.1, -0.05) is 12.1 Å². The Bertz CT molecular complexity index is 456. The third-order valence-corrected chi connectivity index (χ3v) is 3.18. The molecule has 1 aromatic carbocycles. The Morgan fingerprint density at radius 1 is 1.39 bits per heavy atom. The maximum absolute atomic E-state index is 11.5. The van der Waals surface area contributed by atoms with Crippen LogP contribution in [0.4, 0.5) is 0 Å². The summed E-state index contributed by atoms with van der Waals surface area (Å²) in [6.07, 6.45) is 7.62. The molecular weight excluding hydrogens is 228 g/mol. The lowest BCUT2D eigenvalue weighted by Crippen LogP contribution is -2.42. The van der Waals surface area contributed by atoms with Gasteiger partial charge in [-0.15, -0.1) is 12.3 Å². The molecule has 3 nitrogen and oxygen atoms in total. The molecule has 1 aliphatic heterocycles. The fraction of sp³-hybridized carbons (Fsp3) is 0.400. The Labute approximate surface area is 107 Å². The smallest absolute Gasteiger partial charge is 0.317 e. The first-order chi connectivity index (χ1) is 8.76. The Morgan fingerprint density at radius 2 is 2.11 bits per heavy atom. The van der Waals surface area contributed by atoms with E-state index in [1.807, 2.05) is 24.3 Å². The van der Waals surface area contributed by atoms with Gasteiger partial charge < -0.3 is 9.47 Å². The molecule has 0 amide bonds. The van der Waals surface area contributed by atoms with Gasteiger partial charge in [-0.05, 0) is 30.5 Å². The summed E-state index contributed by atoms with van der Waals surface area (Å²) in [5.41, 5.74) is 0.984. The summed E-state index contributed by atoms with van der Waals surface area (Å²) in [5, 5.41) is 0. The highest BCUT2D eigenvalue weighted by Crippen LogP contribution is 2.36. The van der Waals surface area contributed by atoms with Gasteiger partial charge in [-0.25, -0.2) is 0 Å². The normalized spacial score (nSPS) is 21.7. The average molecular weight is 244 g/mol. The molecule has 1 aromatic rings. The summed E-state index contributed by atoms with van der Waals surface area (Å²) < 4.78 is 10.3. The number of terminal acetylenes is 1. The highest BCUT2D eigenvalue weighted by atomic mass is 16.6. The van der Waals surface area contributed by atoms with Crippen LogP contribution in [0.2, 0.25) is 0 Å². The minimum atomic E-state index is -0.147. The van der Waals surface area contributed by atoms with Crippen LogP contribution in [-0.2, 0) is 9.53 Å². The molecule has 1 fully saturated rings. The van der Waals surface area contributed by atoms with Crippen LogP contribution in [0.3, 0.4) is 0 Å². The molecule has 1 heterocycles. The predicted octanol–water partition coefficient (Wildman–Crippen LogP) is 2.51. The molecule has 0 spiro atoms. The summed E-state index contributed by atoms with van der Waals surface area (Å²) in [4.78, 5) is 11.5. The van der Waals surface area contributed by atoms with Gasteiger partial charge in [0.25, 0.3) is 0 Å². The van der Waals surface area contributed by atoms with Crippen molar-refractivity contribution in [3.63, 3.8) is 0 Å². The molecule has 0 saturated carbocycles. The van der Waals surface area contributed by atoms with Crippen LogP contribution >= 0.6 is 0 Å². The minimum absolute atomic E-state index is 0.0285. The molecule has 0 radical (unpaired) electrons. The van der Waals surface area contributed by atoms with E-state index < -0.39 is 0 Å². The van der Waals surface area contributed by atoms with E-state index in [2.05, 4.69) is 5.92 Å². The second-order valence-corrected chi connectivity index (χ2v) is 4.32. The van der Waals surface area contributed by atoms with Crippen LogP contribution < -0.4 is 4.74 Å². The monoisotopic (exact) mass is 244 g/mol. The van der Waals surface area contributed by atoms with E-state index in [-0.39, 0.29) is 18.0 Å². The van der Waals surface area contributed by atoms with Gasteiger partial charge in [0, 0.05) is 6.42 Å². The fourth-order valence-electron chi connectivity index (χ4n) is 2.16. The summed E-state index contributed by atoms with van der Waals surface area (Å²) in [5.74, 6) is 3.09. The number of carbonyl (C=O) groups excluding carboxylic acids is 1. The number of cyclic esters (lactones) is 1.